The van der Waals surface area contributed by atoms with E-state index in [2.05, 4.69) is 9.97 Å². The molecule has 0 spiro atoms. The molecular formula is C11H12N4O. The highest BCUT2D eigenvalue weighted by atomic mass is 16.1. The van der Waals surface area contributed by atoms with E-state index >= 15 is 0 Å². The quantitative estimate of drug-likeness (QED) is 0.703. The molecule has 0 aliphatic heterocycles. The van der Waals surface area contributed by atoms with Gasteiger partial charge in [-0.2, -0.15) is 0 Å². The number of carbonyl (C=O) groups excluding carboxylic acids is 1. The van der Waals surface area contributed by atoms with Gasteiger partial charge in [-0.1, -0.05) is 30.3 Å². The number of benzene rings is 1. The first-order valence-electron chi connectivity index (χ1n) is 4.85. The number of nitrogens with two attached hydrogens (primary N) is 2. The maximum absolute atomic E-state index is 11.0. The van der Waals surface area contributed by atoms with Crippen LogP contribution in [0.2, 0.25) is 0 Å². The van der Waals surface area contributed by atoms with Crippen LogP contribution in [0, 0.1) is 0 Å². The number of hydrogen-bond donors (Lipinski definition) is 3. The highest BCUT2D eigenvalue weighted by molar-refractivity contribution is 5.95. The van der Waals surface area contributed by atoms with E-state index in [9.17, 15) is 4.79 Å². The minimum atomic E-state index is -0.593. The molecule has 0 aliphatic rings. The normalized spacial score (nSPS) is 10.2. The van der Waals surface area contributed by atoms with Gasteiger partial charge in [0.15, 0.2) is 5.82 Å². The second-order valence-corrected chi connectivity index (χ2v) is 3.47. The van der Waals surface area contributed by atoms with E-state index in [4.69, 9.17) is 11.5 Å². The molecule has 1 amide bonds. The van der Waals surface area contributed by atoms with Gasteiger partial charge in [0.25, 0.3) is 5.91 Å². The van der Waals surface area contributed by atoms with Crippen molar-refractivity contribution in [1.29, 1.82) is 0 Å². The van der Waals surface area contributed by atoms with Crippen molar-refractivity contribution >= 4 is 11.7 Å². The molecular weight excluding hydrogens is 204 g/mol. The molecule has 1 aromatic carbocycles. The van der Waals surface area contributed by atoms with Gasteiger partial charge in [0.05, 0.1) is 0 Å². The minimum absolute atomic E-state index is 0.151. The fourth-order valence-electron chi connectivity index (χ4n) is 1.50. The van der Waals surface area contributed by atoms with E-state index in [-0.39, 0.29) is 11.5 Å². The number of H-pyrrole nitrogens is 1. The summed E-state index contributed by atoms with van der Waals surface area (Å²) in [4.78, 5) is 17.8. The Morgan fingerprint density at radius 3 is 2.56 bits per heavy atom. The molecule has 0 bridgehead atoms. The number of aromatic amines is 1. The fraction of sp³-hybridized carbons (Fsp3) is 0.0909. The number of carbonyl (C=O) groups is 1. The highest BCUT2D eigenvalue weighted by Gasteiger charge is 2.11. The Labute approximate surface area is 92.5 Å². The number of nitrogens with one attached hydrogen (secondary N) is 1. The number of anilines is 1. The van der Waals surface area contributed by atoms with E-state index in [1.165, 1.54) is 0 Å². The summed E-state index contributed by atoms with van der Waals surface area (Å²) in [6.45, 7) is 0. The summed E-state index contributed by atoms with van der Waals surface area (Å²) in [6, 6.07) is 9.77. The highest BCUT2D eigenvalue weighted by Crippen LogP contribution is 2.11. The van der Waals surface area contributed by atoms with Crippen LogP contribution >= 0.6 is 0 Å². The van der Waals surface area contributed by atoms with Crippen LogP contribution in [0.4, 0.5) is 5.82 Å². The Morgan fingerprint density at radius 2 is 2.00 bits per heavy atom. The predicted octanol–water partition coefficient (Wildman–Crippen LogP) is 0.682. The van der Waals surface area contributed by atoms with Crippen LogP contribution in [-0.4, -0.2) is 15.9 Å². The molecule has 0 saturated heterocycles. The van der Waals surface area contributed by atoms with Gasteiger partial charge >= 0.3 is 0 Å². The van der Waals surface area contributed by atoms with Crippen molar-refractivity contribution in [3.05, 3.63) is 47.4 Å². The molecule has 16 heavy (non-hydrogen) atoms. The van der Waals surface area contributed by atoms with Crippen LogP contribution in [0.5, 0.6) is 0 Å². The number of imidazole rings is 1. The third kappa shape index (κ3) is 2.03. The van der Waals surface area contributed by atoms with Crippen LogP contribution < -0.4 is 11.5 Å². The summed E-state index contributed by atoms with van der Waals surface area (Å²) in [5.74, 6) is 0.195. The lowest BCUT2D eigenvalue weighted by atomic mass is 10.1. The molecule has 0 unspecified atom stereocenters. The van der Waals surface area contributed by atoms with Gasteiger partial charge in [0, 0.05) is 6.42 Å². The first-order valence-corrected chi connectivity index (χ1v) is 4.85. The van der Waals surface area contributed by atoms with Crippen molar-refractivity contribution < 1.29 is 4.79 Å². The maximum Gasteiger partial charge on any atom is 0.269 e. The van der Waals surface area contributed by atoms with Crippen molar-refractivity contribution in [3.63, 3.8) is 0 Å². The molecule has 1 aromatic heterocycles. The smallest absolute Gasteiger partial charge is 0.269 e. The number of nitrogen functional groups attached to an aromatic ring is 1. The summed E-state index contributed by atoms with van der Waals surface area (Å²) < 4.78 is 0. The monoisotopic (exact) mass is 216 g/mol. The number of amides is 1. The minimum Gasteiger partial charge on any atom is -0.382 e. The zero-order valence-corrected chi connectivity index (χ0v) is 8.60. The zero-order chi connectivity index (χ0) is 11.5. The Kier molecular flexibility index (Phi) is 2.59. The second-order valence-electron chi connectivity index (χ2n) is 3.47. The number of nitrogens with zero attached hydrogens (tertiary/aromatic N) is 1. The second kappa shape index (κ2) is 4.06. The Morgan fingerprint density at radius 1 is 1.31 bits per heavy atom. The molecule has 0 atom stereocenters. The Balaban J connectivity index is 2.23. The Bertz CT molecular complexity index is 504. The predicted molar refractivity (Wildman–Crippen MR) is 60.8 cm³/mol. The largest absolute Gasteiger partial charge is 0.382 e. The van der Waals surface area contributed by atoms with Gasteiger partial charge in [0.1, 0.15) is 11.5 Å². The lowest BCUT2D eigenvalue weighted by molar-refractivity contribution is 0.0997. The van der Waals surface area contributed by atoms with Gasteiger partial charge in [-0.25, -0.2) is 4.98 Å². The van der Waals surface area contributed by atoms with Crippen LogP contribution in [-0.2, 0) is 6.42 Å². The van der Waals surface area contributed by atoms with Crippen LogP contribution in [0.3, 0.4) is 0 Å². The summed E-state index contributed by atoms with van der Waals surface area (Å²) in [5, 5.41) is 0. The summed E-state index contributed by atoms with van der Waals surface area (Å²) in [7, 11) is 0. The molecule has 5 N–H and O–H groups in total. The van der Waals surface area contributed by atoms with Gasteiger partial charge in [-0.3, -0.25) is 4.79 Å². The number of rotatable bonds is 3. The van der Waals surface area contributed by atoms with Gasteiger partial charge < -0.3 is 16.5 Å². The number of aromatic nitrogens is 2. The molecule has 0 aliphatic carbocycles. The average Bonchev–Trinajstić information content (AvgIpc) is 2.61. The summed E-state index contributed by atoms with van der Waals surface area (Å²) in [6.07, 6.45) is 0.596. The molecule has 2 rings (SSSR count). The maximum atomic E-state index is 11.0. The third-order valence-electron chi connectivity index (χ3n) is 2.24. The van der Waals surface area contributed by atoms with Gasteiger partial charge in [-0.05, 0) is 5.56 Å². The van der Waals surface area contributed by atoms with Crippen molar-refractivity contribution in [2.75, 3.05) is 5.73 Å². The standard InChI is InChI=1S/C11H12N4O/c12-10-9(11(13)16)14-8(15-10)6-7-4-2-1-3-5-7/h1-5H,6,12H2,(H2,13,16)(H,14,15). The molecule has 5 heteroatoms. The van der Waals surface area contributed by atoms with Gasteiger partial charge in [0.2, 0.25) is 0 Å². The molecule has 1 heterocycles. The third-order valence-corrected chi connectivity index (χ3v) is 2.24. The van der Waals surface area contributed by atoms with Gasteiger partial charge in [-0.15, -0.1) is 0 Å². The molecule has 82 valence electrons. The molecule has 0 saturated carbocycles. The van der Waals surface area contributed by atoms with E-state index in [0.29, 0.717) is 12.2 Å². The van der Waals surface area contributed by atoms with Crippen molar-refractivity contribution in [2.24, 2.45) is 5.73 Å². The van der Waals surface area contributed by atoms with E-state index in [1.54, 1.807) is 0 Å². The summed E-state index contributed by atoms with van der Waals surface area (Å²) in [5.41, 5.74) is 11.9. The van der Waals surface area contributed by atoms with Crippen molar-refractivity contribution in [3.8, 4) is 0 Å². The summed E-state index contributed by atoms with van der Waals surface area (Å²) >= 11 is 0. The van der Waals surface area contributed by atoms with Crippen LogP contribution in [0.1, 0.15) is 21.9 Å². The van der Waals surface area contributed by atoms with Crippen molar-refractivity contribution in [1.82, 2.24) is 9.97 Å². The Hall–Kier alpha value is -2.30. The van der Waals surface area contributed by atoms with Crippen LogP contribution in [0.15, 0.2) is 30.3 Å². The van der Waals surface area contributed by atoms with E-state index < -0.39 is 5.91 Å². The number of hydrogen-bond acceptors (Lipinski definition) is 3. The topological polar surface area (TPSA) is 97.8 Å². The van der Waals surface area contributed by atoms with E-state index in [1.807, 2.05) is 30.3 Å². The first kappa shape index (κ1) is 10.2. The first-order chi connectivity index (χ1) is 7.66. The zero-order valence-electron chi connectivity index (χ0n) is 8.60. The van der Waals surface area contributed by atoms with E-state index in [0.717, 1.165) is 5.56 Å². The lowest BCUT2D eigenvalue weighted by Gasteiger charge is -1.96. The fourth-order valence-corrected chi connectivity index (χ4v) is 1.50. The molecule has 0 radical (unpaired) electrons. The molecule has 5 nitrogen and oxygen atoms in total. The SMILES string of the molecule is NC(=O)c1[nH]c(Cc2ccccc2)nc1N. The number of primary amides is 1. The van der Waals surface area contributed by atoms with Crippen LogP contribution in [0.25, 0.3) is 0 Å². The molecule has 0 fully saturated rings. The average molecular weight is 216 g/mol. The van der Waals surface area contributed by atoms with Crippen molar-refractivity contribution in [2.45, 2.75) is 6.42 Å². The molecule has 2 aromatic rings. The lowest BCUT2D eigenvalue weighted by Crippen LogP contribution is -2.13.